The van der Waals surface area contributed by atoms with E-state index in [1.807, 2.05) is 18.2 Å². The smallest absolute Gasteiger partial charge is 0.0716 e. The van der Waals surface area contributed by atoms with Gasteiger partial charge in [0.1, 0.15) is 0 Å². The van der Waals surface area contributed by atoms with E-state index < -0.39 is 0 Å². The minimum absolute atomic E-state index is 0.751. The summed E-state index contributed by atoms with van der Waals surface area (Å²) in [6.07, 6.45) is 9.01. The first-order valence-corrected chi connectivity index (χ1v) is 8.45. The number of methoxy groups -OCH3 is 1. The zero-order valence-corrected chi connectivity index (χ0v) is 14.3. The molecule has 0 bridgehead atoms. The van der Waals surface area contributed by atoms with Crippen molar-refractivity contribution in [3.63, 3.8) is 0 Å². The summed E-state index contributed by atoms with van der Waals surface area (Å²) in [5.74, 6) is 0. The molecular weight excluding hydrogens is 260 g/mol. The third kappa shape index (κ3) is 15.3. The fourth-order valence-corrected chi connectivity index (χ4v) is 1.86. The molecule has 0 heterocycles. The third-order valence-electron chi connectivity index (χ3n) is 3.21. The molecule has 0 aliphatic carbocycles. The van der Waals surface area contributed by atoms with Crippen molar-refractivity contribution >= 4 is 0 Å². The molecule has 0 amide bonds. The second kappa shape index (κ2) is 17.2. The summed E-state index contributed by atoms with van der Waals surface area (Å²) in [6.45, 7) is 6.97. The van der Waals surface area contributed by atoms with Gasteiger partial charge in [0.25, 0.3) is 0 Å². The standard InChI is InChI=1S/C11H16O.C8H18O/c1-2-3-9-12-10-11-7-5-4-6-8-11;1-3-4-5-6-7-8-9-2/h4-8H,2-3,9-10H2,1H3;3-8H2,1-2H3. The van der Waals surface area contributed by atoms with Crippen LogP contribution in [-0.2, 0) is 16.1 Å². The van der Waals surface area contributed by atoms with Gasteiger partial charge in [0.15, 0.2) is 0 Å². The molecule has 0 saturated carbocycles. The van der Waals surface area contributed by atoms with Crippen molar-refractivity contribution in [2.24, 2.45) is 0 Å². The lowest BCUT2D eigenvalue weighted by molar-refractivity contribution is 0.118. The molecular formula is C19H34O2. The first-order chi connectivity index (χ1) is 10.3. The molecule has 0 aromatic heterocycles. The van der Waals surface area contributed by atoms with Gasteiger partial charge in [-0.2, -0.15) is 0 Å². The Morgan fingerprint density at radius 3 is 2.05 bits per heavy atom. The Hall–Kier alpha value is -0.860. The Morgan fingerprint density at radius 1 is 0.762 bits per heavy atom. The zero-order valence-electron chi connectivity index (χ0n) is 14.3. The Bertz CT molecular complexity index is 279. The summed E-state index contributed by atoms with van der Waals surface area (Å²) in [5, 5.41) is 0. The lowest BCUT2D eigenvalue weighted by Crippen LogP contribution is -1.94. The van der Waals surface area contributed by atoms with E-state index in [-0.39, 0.29) is 0 Å². The van der Waals surface area contributed by atoms with Crippen LogP contribution in [0.25, 0.3) is 0 Å². The average Bonchev–Trinajstić information content (AvgIpc) is 2.53. The van der Waals surface area contributed by atoms with Crippen molar-refractivity contribution < 1.29 is 9.47 Å². The maximum absolute atomic E-state index is 5.46. The van der Waals surface area contributed by atoms with Crippen molar-refractivity contribution in [3.8, 4) is 0 Å². The maximum atomic E-state index is 5.46. The minimum Gasteiger partial charge on any atom is -0.385 e. The van der Waals surface area contributed by atoms with E-state index in [2.05, 4.69) is 26.0 Å². The normalized spacial score (nSPS) is 10.0. The first kappa shape index (κ1) is 20.1. The van der Waals surface area contributed by atoms with Gasteiger partial charge in [-0.15, -0.1) is 0 Å². The second-order valence-electron chi connectivity index (χ2n) is 5.30. The molecule has 2 nitrogen and oxygen atoms in total. The summed E-state index contributed by atoms with van der Waals surface area (Å²) < 4.78 is 10.4. The van der Waals surface area contributed by atoms with Crippen LogP contribution in [0.1, 0.15) is 64.4 Å². The summed E-state index contributed by atoms with van der Waals surface area (Å²) in [4.78, 5) is 0. The maximum Gasteiger partial charge on any atom is 0.0716 e. The van der Waals surface area contributed by atoms with Crippen LogP contribution in [0.2, 0.25) is 0 Å². The van der Waals surface area contributed by atoms with Gasteiger partial charge in [-0.1, -0.05) is 76.3 Å². The van der Waals surface area contributed by atoms with Gasteiger partial charge in [0.2, 0.25) is 0 Å². The topological polar surface area (TPSA) is 18.5 Å². The highest BCUT2D eigenvalue weighted by Crippen LogP contribution is 2.02. The van der Waals surface area contributed by atoms with Crippen molar-refractivity contribution in [3.05, 3.63) is 35.9 Å². The molecule has 122 valence electrons. The predicted molar refractivity (Wildman–Crippen MR) is 91.6 cm³/mol. The van der Waals surface area contributed by atoms with E-state index in [4.69, 9.17) is 9.47 Å². The molecule has 1 rings (SSSR count). The van der Waals surface area contributed by atoms with Crippen LogP contribution < -0.4 is 0 Å². The Labute approximate surface area is 131 Å². The van der Waals surface area contributed by atoms with E-state index in [0.29, 0.717) is 0 Å². The minimum atomic E-state index is 0.751. The predicted octanol–water partition coefficient (Wildman–Crippen LogP) is 5.61. The average molecular weight is 294 g/mol. The number of ether oxygens (including phenoxy) is 2. The molecule has 0 N–H and O–H groups in total. The van der Waals surface area contributed by atoms with Crippen molar-refractivity contribution in [2.75, 3.05) is 20.3 Å². The number of rotatable bonds is 11. The Balaban J connectivity index is 0.000000400. The Morgan fingerprint density at radius 2 is 1.43 bits per heavy atom. The van der Waals surface area contributed by atoms with Gasteiger partial charge in [-0.05, 0) is 18.4 Å². The Kier molecular flexibility index (Phi) is 16.5. The number of unbranched alkanes of at least 4 members (excludes halogenated alkanes) is 5. The number of hydrogen-bond donors (Lipinski definition) is 0. The summed E-state index contributed by atoms with van der Waals surface area (Å²) in [7, 11) is 1.76. The van der Waals surface area contributed by atoms with Crippen LogP contribution >= 0.6 is 0 Å². The van der Waals surface area contributed by atoms with E-state index in [1.54, 1.807) is 7.11 Å². The fraction of sp³-hybridized carbons (Fsp3) is 0.684. The zero-order chi connectivity index (χ0) is 15.6. The molecule has 0 aliphatic heterocycles. The van der Waals surface area contributed by atoms with E-state index in [9.17, 15) is 0 Å². The molecule has 2 heteroatoms. The molecule has 21 heavy (non-hydrogen) atoms. The molecule has 0 fully saturated rings. The monoisotopic (exact) mass is 294 g/mol. The van der Waals surface area contributed by atoms with E-state index >= 15 is 0 Å². The van der Waals surface area contributed by atoms with Gasteiger partial charge in [-0.25, -0.2) is 0 Å². The molecule has 1 aromatic rings. The largest absolute Gasteiger partial charge is 0.385 e. The second-order valence-corrected chi connectivity index (χ2v) is 5.30. The lowest BCUT2D eigenvalue weighted by Gasteiger charge is -2.02. The highest BCUT2D eigenvalue weighted by Gasteiger charge is 1.90. The van der Waals surface area contributed by atoms with Gasteiger partial charge in [0, 0.05) is 20.3 Å². The molecule has 0 spiro atoms. The molecule has 0 atom stereocenters. The third-order valence-corrected chi connectivity index (χ3v) is 3.21. The highest BCUT2D eigenvalue weighted by molar-refractivity contribution is 5.13. The summed E-state index contributed by atoms with van der Waals surface area (Å²) in [6, 6.07) is 10.3. The fourth-order valence-electron chi connectivity index (χ4n) is 1.86. The lowest BCUT2D eigenvalue weighted by atomic mass is 10.2. The highest BCUT2D eigenvalue weighted by atomic mass is 16.5. The molecule has 0 radical (unpaired) electrons. The number of hydrogen-bond acceptors (Lipinski definition) is 2. The molecule has 0 saturated heterocycles. The summed E-state index contributed by atoms with van der Waals surface area (Å²) in [5.41, 5.74) is 1.26. The van der Waals surface area contributed by atoms with Crippen LogP contribution in [0.5, 0.6) is 0 Å². The van der Waals surface area contributed by atoms with Gasteiger partial charge < -0.3 is 9.47 Å². The van der Waals surface area contributed by atoms with Gasteiger partial charge in [0.05, 0.1) is 6.61 Å². The number of benzene rings is 1. The van der Waals surface area contributed by atoms with Crippen LogP contribution in [0.15, 0.2) is 30.3 Å². The van der Waals surface area contributed by atoms with Crippen molar-refractivity contribution in [2.45, 2.75) is 65.4 Å². The molecule has 0 unspecified atom stereocenters. The quantitative estimate of drug-likeness (QED) is 0.494. The van der Waals surface area contributed by atoms with E-state index in [0.717, 1.165) is 26.2 Å². The van der Waals surface area contributed by atoms with Crippen LogP contribution in [0.3, 0.4) is 0 Å². The molecule has 1 aromatic carbocycles. The van der Waals surface area contributed by atoms with Crippen LogP contribution in [-0.4, -0.2) is 20.3 Å². The van der Waals surface area contributed by atoms with Crippen LogP contribution in [0, 0.1) is 0 Å². The van der Waals surface area contributed by atoms with Gasteiger partial charge >= 0.3 is 0 Å². The summed E-state index contributed by atoms with van der Waals surface area (Å²) >= 11 is 0. The molecule has 0 aliphatic rings. The van der Waals surface area contributed by atoms with Crippen molar-refractivity contribution in [1.82, 2.24) is 0 Å². The van der Waals surface area contributed by atoms with E-state index in [1.165, 1.54) is 44.1 Å². The SMILES string of the molecule is CCCCCCCOC.CCCCOCc1ccccc1. The van der Waals surface area contributed by atoms with Crippen LogP contribution in [0.4, 0.5) is 0 Å². The first-order valence-electron chi connectivity index (χ1n) is 8.45. The van der Waals surface area contributed by atoms with Gasteiger partial charge in [-0.3, -0.25) is 0 Å². The van der Waals surface area contributed by atoms with Crippen molar-refractivity contribution in [1.29, 1.82) is 0 Å².